The standard InChI is InChI=1S/C44H27NS2/c1-2-11-32-30(10-1)26-40(34-13-4-3-12-33(32)34)45(39-17-9-16-38-36-15-6-8-19-42(36)47-44(38)39)31-23-20-28(21-24-31)29-22-25-37-35-14-5-7-18-41(35)46-43(37)27-29/h1-27H. The summed E-state index contributed by atoms with van der Waals surface area (Å²) < 4.78 is 5.27. The number of benzene rings is 8. The molecule has 0 spiro atoms. The zero-order valence-electron chi connectivity index (χ0n) is 25.4. The van der Waals surface area contributed by atoms with Crippen LogP contribution in [0.25, 0.3) is 73.0 Å². The third-order valence-electron chi connectivity index (χ3n) is 9.45. The van der Waals surface area contributed by atoms with Gasteiger partial charge < -0.3 is 4.90 Å². The maximum atomic E-state index is 2.48. The van der Waals surface area contributed by atoms with Crippen LogP contribution >= 0.6 is 22.7 Å². The van der Waals surface area contributed by atoms with Gasteiger partial charge >= 0.3 is 0 Å². The van der Waals surface area contributed by atoms with Gasteiger partial charge in [-0.3, -0.25) is 0 Å². The predicted molar refractivity (Wildman–Crippen MR) is 207 cm³/mol. The first kappa shape index (κ1) is 26.7. The van der Waals surface area contributed by atoms with Crippen molar-refractivity contribution >= 4 is 102 Å². The van der Waals surface area contributed by atoms with Gasteiger partial charge in [-0.05, 0) is 69.8 Å². The topological polar surface area (TPSA) is 3.24 Å². The van der Waals surface area contributed by atoms with Gasteiger partial charge in [0.15, 0.2) is 0 Å². The second kappa shape index (κ2) is 10.5. The lowest BCUT2D eigenvalue weighted by molar-refractivity contribution is 1.32. The molecule has 0 amide bonds. The molecule has 47 heavy (non-hydrogen) atoms. The van der Waals surface area contributed by atoms with Crippen LogP contribution in [0, 0.1) is 0 Å². The minimum absolute atomic E-state index is 1.14. The quantitative estimate of drug-likeness (QED) is 0.174. The van der Waals surface area contributed by atoms with Crippen molar-refractivity contribution in [2.24, 2.45) is 0 Å². The van der Waals surface area contributed by atoms with Crippen LogP contribution in [-0.4, -0.2) is 0 Å². The number of nitrogens with zero attached hydrogens (tertiary/aromatic N) is 1. The Kier molecular flexibility index (Phi) is 5.98. The van der Waals surface area contributed by atoms with Crippen molar-refractivity contribution < 1.29 is 0 Å². The summed E-state index contributed by atoms with van der Waals surface area (Å²) in [6, 6.07) is 60.2. The summed E-state index contributed by atoms with van der Waals surface area (Å²) in [5, 5.41) is 10.3. The van der Waals surface area contributed by atoms with Crippen molar-refractivity contribution in [2.75, 3.05) is 4.90 Å². The number of thiophene rings is 2. The molecule has 1 nitrogen and oxygen atoms in total. The summed E-state index contributed by atoms with van der Waals surface area (Å²) in [4.78, 5) is 2.48. The molecule has 2 heterocycles. The molecule has 0 saturated carbocycles. The highest BCUT2D eigenvalue weighted by atomic mass is 32.1. The van der Waals surface area contributed by atoms with Gasteiger partial charge in [-0.2, -0.15) is 0 Å². The highest BCUT2D eigenvalue weighted by Gasteiger charge is 2.21. The summed E-state index contributed by atoms with van der Waals surface area (Å²) in [7, 11) is 0. The van der Waals surface area contributed by atoms with Gasteiger partial charge in [0.25, 0.3) is 0 Å². The van der Waals surface area contributed by atoms with Crippen LogP contribution in [0.4, 0.5) is 17.1 Å². The van der Waals surface area contributed by atoms with Crippen molar-refractivity contribution in [3.8, 4) is 11.1 Å². The van der Waals surface area contributed by atoms with Crippen LogP contribution < -0.4 is 4.90 Å². The lowest BCUT2D eigenvalue weighted by Crippen LogP contribution is -2.10. The highest BCUT2D eigenvalue weighted by Crippen LogP contribution is 2.48. The molecule has 220 valence electrons. The minimum Gasteiger partial charge on any atom is -0.308 e. The maximum absolute atomic E-state index is 2.48. The third-order valence-corrected chi connectivity index (χ3v) is 11.8. The highest BCUT2D eigenvalue weighted by molar-refractivity contribution is 7.26. The van der Waals surface area contributed by atoms with Gasteiger partial charge in [0, 0.05) is 46.7 Å². The zero-order chi connectivity index (χ0) is 30.9. The van der Waals surface area contributed by atoms with Crippen molar-refractivity contribution in [3.05, 3.63) is 164 Å². The first-order chi connectivity index (χ1) is 23.3. The summed E-state index contributed by atoms with van der Waals surface area (Å²) >= 11 is 3.75. The monoisotopic (exact) mass is 633 g/mol. The molecular weight excluding hydrogens is 607 g/mol. The van der Waals surface area contributed by atoms with Gasteiger partial charge in [-0.25, -0.2) is 0 Å². The Hall–Kier alpha value is -5.48. The van der Waals surface area contributed by atoms with Gasteiger partial charge in [0.1, 0.15) is 0 Å². The van der Waals surface area contributed by atoms with E-state index in [9.17, 15) is 0 Å². The van der Waals surface area contributed by atoms with E-state index >= 15 is 0 Å². The Morgan fingerprint density at radius 1 is 0.340 bits per heavy atom. The molecule has 0 N–H and O–H groups in total. The smallest absolute Gasteiger partial charge is 0.0640 e. The van der Waals surface area contributed by atoms with Crippen molar-refractivity contribution in [2.45, 2.75) is 0 Å². The van der Waals surface area contributed by atoms with E-state index in [0.29, 0.717) is 0 Å². The van der Waals surface area contributed by atoms with E-state index in [-0.39, 0.29) is 0 Å². The molecule has 0 aliphatic heterocycles. The molecule has 0 saturated heterocycles. The van der Waals surface area contributed by atoms with Crippen molar-refractivity contribution in [3.63, 3.8) is 0 Å². The number of hydrogen-bond acceptors (Lipinski definition) is 3. The minimum atomic E-state index is 1.14. The molecule has 0 radical (unpaired) electrons. The largest absolute Gasteiger partial charge is 0.308 e. The molecule has 0 atom stereocenters. The van der Waals surface area contributed by atoms with Crippen LogP contribution in [0.1, 0.15) is 0 Å². The number of fused-ring (bicyclic) bond motifs is 9. The van der Waals surface area contributed by atoms with E-state index < -0.39 is 0 Å². The van der Waals surface area contributed by atoms with Gasteiger partial charge in [0.2, 0.25) is 0 Å². The molecule has 8 aromatic carbocycles. The number of anilines is 3. The molecule has 3 heteroatoms. The lowest BCUT2D eigenvalue weighted by Gasteiger charge is -2.28. The normalized spacial score (nSPS) is 11.8. The molecular formula is C44H27NS2. The molecule has 10 aromatic rings. The van der Waals surface area contributed by atoms with Crippen LogP contribution in [0.15, 0.2) is 164 Å². The molecule has 0 aliphatic carbocycles. The molecule has 2 aromatic heterocycles. The van der Waals surface area contributed by atoms with E-state index in [1.807, 2.05) is 22.7 Å². The van der Waals surface area contributed by atoms with Crippen LogP contribution in [0.5, 0.6) is 0 Å². The number of hydrogen-bond donors (Lipinski definition) is 0. The van der Waals surface area contributed by atoms with Gasteiger partial charge in [0.05, 0.1) is 16.1 Å². The molecule has 0 fully saturated rings. The Morgan fingerprint density at radius 3 is 1.74 bits per heavy atom. The fourth-order valence-corrected chi connectivity index (χ4v) is 9.60. The zero-order valence-corrected chi connectivity index (χ0v) is 27.0. The second-order valence-corrected chi connectivity index (χ2v) is 14.2. The van der Waals surface area contributed by atoms with E-state index in [0.717, 1.165) is 5.69 Å². The van der Waals surface area contributed by atoms with E-state index in [2.05, 4.69) is 169 Å². The Morgan fingerprint density at radius 2 is 0.936 bits per heavy atom. The van der Waals surface area contributed by atoms with Gasteiger partial charge in [-0.1, -0.05) is 121 Å². The summed E-state index contributed by atoms with van der Waals surface area (Å²) in [5.74, 6) is 0. The fourth-order valence-electron chi connectivity index (χ4n) is 7.24. The first-order valence-electron chi connectivity index (χ1n) is 15.9. The van der Waals surface area contributed by atoms with E-state index in [1.165, 1.54) is 84.4 Å². The summed E-state index contributed by atoms with van der Waals surface area (Å²) in [5.41, 5.74) is 5.98. The summed E-state index contributed by atoms with van der Waals surface area (Å²) in [6.45, 7) is 0. The molecule has 0 unspecified atom stereocenters. The first-order valence-corrected chi connectivity index (χ1v) is 17.6. The maximum Gasteiger partial charge on any atom is 0.0640 e. The fraction of sp³-hybridized carbons (Fsp3) is 0. The Labute approximate surface area is 280 Å². The average molecular weight is 634 g/mol. The predicted octanol–water partition coefficient (Wildman–Crippen LogP) is 13.9. The Bertz CT molecular complexity index is 2800. The van der Waals surface area contributed by atoms with Crippen LogP contribution in [-0.2, 0) is 0 Å². The lowest BCUT2D eigenvalue weighted by atomic mass is 9.98. The molecule has 0 aliphatic rings. The van der Waals surface area contributed by atoms with Crippen LogP contribution in [0.3, 0.4) is 0 Å². The average Bonchev–Trinajstić information content (AvgIpc) is 3.71. The summed E-state index contributed by atoms with van der Waals surface area (Å²) in [6.07, 6.45) is 0. The second-order valence-electron chi connectivity index (χ2n) is 12.1. The van der Waals surface area contributed by atoms with Crippen LogP contribution in [0.2, 0.25) is 0 Å². The van der Waals surface area contributed by atoms with Crippen molar-refractivity contribution in [1.82, 2.24) is 0 Å². The van der Waals surface area contributed by atoms with E-state index in [4.69, 9.17) is 0 Å². The van der Waals surface area contributed by atoms with E-state index in [1.54, 1.807) is 0 Å². The van der Waals surface area contributed by atoms with Gasteiger partial charge in [-0.15, -0.1) is 22.7 Å². The SMILES string of the molecule is c1ccc2c(c1)cc(N(c1ccc(-c3ccc4c(c3)sc3ccccc34)cc1)c1cccc3c1sc1ccccc13)c1ccccc12. The third kappa shape index (κ3) is 4.21. The Balaban J connectivity index is 1.19. The van der Waals surface area contributed by atoms with Crippen molar-refractivity contribution in [1.29, 1.82) is 0 Å². The molecule has 10 rings (SSSR count). The molecule has 0 bridgehead atoms. The number of rotatable bonds is 4.